The smallest absolute Gasteiger partial charge is 0.306 e. The van der Waals surface area contributed by atoms with E-state index in [2.05, 4.69) is 50.3 Å². The zero-order chi connectivity index (χ0) is 44.0. The van der Waals surface area contributed by atoms with Crippen LogP contribution in [0.3, 0.4) is 0 Å². The van der Waals surface area contributed by atoms with Crippen molar-refractivity contribution in [3.63, 3.8) is 0 Å². The van der Waals surface area contributed by atoms with Gasteiger partial charge in [-0.15, -0.1) is 0 Å². The third-order valence-corrected chi connectivity index (χ3v) is 9.74. The van der Waals surface area contributed by atoms with Crippen LogP contribution in [0.25, 0.3) is 0 Å². The Balaban J connectivity index is 1.91. The monoisotopic (exact) mass is 852 g/mol. The molecule has 11 atom stereocenters. The average Bonchev–Trinajstić information content (AvgIpc) is 3.24. The first-order valence-electron chi connectivity index (χ1n) is 21.6. The second kappa shape index (κ2) is 32.6. The molecule has 2 rings (SSSR count). The highest BCUT2D eigenvalue weighted by atomic mass is 16.7. The number of carbonyl (C=O) groups excluding carboxylic acids is 2. The molecule has 2 saturated heterocycles. The molecule has 60 heavy (non-hydrogen) atoms. The third-order valence-electron chi connectivity index (χ3n) is 9.74. The van der Waals surface area contributed by atoms with Gasteiger partial charge in [-0.1, -0.05) is 106 Å². The molecule has 15 heteroatoms. The summed E-state index contributed by atoms with van der Waals surface area (Å²) in [5, 5.41) is 71.7. The molecule has 0 aliphatic carbocycles. The zero-order valence-corrected chi connectivity index (χ0v) is 35.4. The van der Waals surface area contributed by atoms with Crippen LogP contribution in [0, 0.1) is 0 Å². The quantitative estimate of drug-likeness (QED) is 0.0235. The SMILES string of the molecule is CC/C=C/C=C/C=C/CCCCCCCC(=O)OC(COC(=O)CCC/C=C/C/C=C/C/C=C/CC)CO[C@@H]1O[C@H](CO[C@@H]2O[C@H](CO)[C@H](O)C(O)C2O)[C@H](O)C(O)C1O. The Labute approximate surface area is 355 Å². The van der Waals surface area contributed by atoms with Gasteiger partial charge < -0.3 is 64.2 Å². The Morgan fingerprint density at radius 2 is 1.10 bits per heavy atom. The average molecular weight is 853 g/mol. The number of esters is 2. The first-order chi connectivity index (χ1) is 29.0. The van der Waals surface area contributed by atoms with Crippen LogP contribution in [-0.4, -0.2) is 142 Å². The predicted molar refractivity (Wildman–Crippen MR) is 224 cm³/mol. The lowest BCUT2D eigenvalue weighted by Gasteiger charge is -2.42. The van der Waals surface area contributed by atoms with Crippen LogP contribution in [0.2, 0.25) is 0 Å². The molecule has 0 saturated carbocycles. The molecular formula is C45H72O15. The highest BCUT2D eigenvalue weighted by Crippen LogP contribution is 2.26. The second-order valence-corrected chi connectivity index (χ2v) is 14.8. The number of ether oxygens (including phenoxy) is 6. The number of aliphatic hydroxyl groups excluding tert-OH is 7. The fourth-order valence-corrected chi connectivity index (χ4v) is 6.18. The highest BCUT2D eigenvalue weighted by Gasteiger charge is 2.47. The van der Waals surface area contributed by atoms with Crippen molar-refractivity contribution >= 4 is 11.9 Å². The fourth-order valence-electron chi connectivity index (χ4n) is 6.18. The van der Waals surface area contributed by atoms with Gasteiger partial charge in [0.15, 0.2) is 18.7 Å². The fraction of sp³-hybridized carbons (Fsp3) is 0.689. The van der Waals surface area contributed by atoms with E-state index in [9.17, 15) is 45.3 Å². The van der Waals surface area contributed by atoms with E-state index < -0.39 is 99.3 Å². The van der Waals surface area contributed by atoms with Crippen LogP contribution in [0.5, 0.6) is 0 Å². The molecule has 0 bridgehead atoms. The molecule has 0 radical (unpaired) electrons. The molecular weight excluding hydrogens is 780 g/mol. The summed E-state index contributed by atoms with van der Waals surface area (Å²) >= 11 is 0. The van der Waals surface area contributed by atoms with Gasteiger partial charge in [0.05, 0.1) is 19.8 Å². The number of hydrogen-bond acceptors (Lipinski definition) is 15. The molecule has 2 fully saturated rings. The standard InChI is InChI=1S/C45H72O15/c1-3-5-7-9-11-13-15-16-18-20-22-24-26-28-37(48)58-33(30-55-36(47)27-25-23-21-19-17-14-12-10-8-6-4-2)31-56-44-43(54)41(52)39(50)35(60-44)32-57-45-42(53)40(51)38(49)34(29-46)59-45/h5-9,11-15,19,21,33-35,38-46,49-54H,3-4,10,16-18,20,22-32H2,1-2H3/b7-5+,8-6+,11-9+,14-12+,15-13+,21-19+/t33?,34-,35-,38+,39+,40?,41?,42?,43?,44-,45-/m1/s1. The maximum atomic E-state index is 12.9. The van der Waals surface area contributed by atoms with Crippen molar-refractivity contribution in [3.05, 3.63) is 72.9 Å². The van der Waals surface area contributed by atoms with E-state index in [1.54, 1.807) is 0 Å². The van der Waals surface area contributed by atoms with Crippen LogP contribution in [0.15, 0.2) is 72.9 Å². The summed E-state index contributed by atoms with van der Waals surface area (Å²) < 4.78 is 33.3. The van der Waals surface area contributed by atoms with E-state index in [0.29, 0.717) is 19.3 Å². The molecule has 2 aliphatic rings. The first kappa shape index (κ1) is 53.1. The minimum absolute atomic E-state index is 0.127. The summed E-state index contributed by atoms with van der Waals surface area (Å²) in [7, 11) is 0. The topological polar surface area (TPSA) is 231 Å². The maximum absolute atomic E-state index is 12.9. The van der Waals surface area contributed by atoms with Crippen LogP contribution in [-0.2, 0) is 38.0 Å². The number of hydrogen-bond donors (Lipinski definition) is 7. The lowest BCUT2D eigenvalue weighted by Crippen LogP contribution is -2.61. The van der Waals surface area contributed by atoms with Crippen molar-refractivity contribution in [2.45, 2.75) is 171 Å². The van der Waals surface area contributed by atoms with Gasteiger partial charge >= 0.3 is 11.9 Å². The van der Waals surface area contributed by atoms with E-state index >= 15 is 0 Å². The van der Waals surface area contributed by atoms with Crippen molar-refractivity contribution in [1.82, 2.24) is 0 Å². The molecule has 2 aliphatic heterocycles. The number of aliphatic hydroxyl groups is 7. The maximum Gasteiger partial charge on any atom is 0.306 e. The van der Waals surface area contributed by atoms with Crippen molar-refractivity contribution < 1.29 is 73.8 Å². The third kappa shape index (κ3) is 21.6. The van der Waals surface area contributed by atoms with E-state index in [4.69, 9.17) is 28.4 Å². The second-order valence-electron chi connectivity index (χ2n) is 14.8. The van der Waals surface area contributed by atoms with Crippen molar-refractivity contribution in [2.24, 2.45) is 0 Å². The lowest BCUT2D eigenvalue weighted by molar-refractivity contribution is -0.332. The van der Waals surface area contributed by atoms with Crippen molar-refractivity contribution in [3.8, 4) is 0 Å². The van der Waals surface area contributed by atoms with Crippen molar-refractivity contribution in [1.29, 1.82) is 0 Å². The Morgan fingerprint density at radius 1 is 0.550 bits per heavy atom. The van der Waals surface area contributed by atoms with E-state index in [1.807, 2.05) is 36.5 Å². The minimum atomic E-state index is -1.78. The molecule has 0 amide bonds. The molecule has 7 N–H and O–H groups in total. The number of unbranched alkanes of at least 4 members (excludes halogenated alkanes) is 6. The van der Waals surface area contributed by atoms with Gasteiger partial charge in [0, 0.05) is 12.8 Å². The summed E-state index contributed by atoms with van der Waals surface area (Å²) in [4.78, 5) is 25.5. The van der Waals surface area contributed by atoms with E-state index in [1.165, 1.54) is 0 Å². The predicted octanol–water partition coefficient (Wildman–Crippen LogP) is 3.92. The van der Waals surface area contributed by atoms with E-state index in [0.717, 1.165) is 57.8 Å². The Kier molecular flexibility index (Phi) is 28.9. The lowest BCUT2D eigenvalue weighted by atomic mass is 9.98. The Morgan fingerprint density at radius 3 is 1.78 bits per heavy atom. The summed E-state index contributed by atoms with van der Waals surface area (Å²) in [5.74, 6) is -1.03. The van der Waals surface area contributed by atoms with Crippen LogP contribution >= 0.6 is 0 Å². The van der Waals surface area contributed by atoms with Crippen LogP contribution in [0.1, 0.15) is 104 Å². The van der Waals surface area contributed by atoms with Gasteiger partial charge in [-0.2, -0.15) is 0 Å². The summed E-state index contributed by atoms with van der Waals surface area (Å²) in [6.07, 6.45) is 18.3. The largest absolute Gasteiger partial charge is 0.462 e. The molecule has 342 valence electrons. The van der Waals surface area contributed by atoms with Gasteiger partial charge in [0.1, 0.15) is 55.4 Å². The summed E-state index contributed by atoms with van der Waals surface area (Å²) in [5.41, 5.74) is 0. The van der Waals surface area contributed by atoms with Gasteiger partial charge in [-0.05, 0) is 57.8 Å². The minimum Gasteiger partial charge on any atom is -0.462 e. The molecule has 5 unspecified atom stereocenters. The molecule has 0 aromatic carbocycles. The first-order valence-corrected chi connectivity index (χ1v) is 21.6. The van der Waals surface area contributed by atoms with Gasteiger partial charge in [-0.25, -0.2) is 0 Å². The zero-order valence-electron chi connectivity index (χ0n) is 35.4. The highest BCUT2D eigenvalue weighted by molar-refractivity contribution is 5.70. The number of rotatable bonds is 30. The van der Waals surface area contributed by atoms with Gasteiger partial charge in [0.2, 0.25) is 0 Å². The normalized spacial score (nSPS) is 28.3. The van der Waals surface area contributed by atoms with Gasteiger partial charge in [-0.3, -0.25) is 9.59 Å². The van der Waals surface area contributed by atoms with Crippen LogP contribution < -0.4 is 0 Å². The summed E-state index contributed by atoms with van der Waals surface area (Å²) in [6, 6.07) is 0. The van der Waals surface area contributed by atoms with Gasteiger partial charge in [0.25, 0.3) is 0 Å². The van der Waals surface area contributed by atoms with Crippen LogP contribution in [0.4, 0.5) is 0 Å². The van der Waals surface area contributed by atoms with Crippen molar-refractivity contribution in [2.75, 3.05) is 26.4 Å². The summed E-state index contributed by atoms with van der Waals surface area (Å²) in [6.45, 7) is 2.20. The molecule has 0 aromatic heterocycles. The number of carbonyl (C=O) groups is 2. The Hall–Kier alpha value is -3.06. The Bertz CT molecular complexity index is 1330. The molecule has 15 nitrogen and oxygen atoms in total. The van der Waals surface area contributed by atoms with E-state index in [-0.39, 0.29) is 19.4 Å². The number of allylic oxidation sites excluding steroid dienone is 12. The molecule has 0 aromatic rings. The molecule has 2 heterocycles. The molecule has 0 spiro atoms.